The maximum atomic E-state index is 10.4. The van der Waals surface area contributed by atoms with Crippen molar-refractivity contribution in [2.45, 2.75) is 0 Å². The van der Waals surface area contributed by atoms with Gasteiger partial charge in [0.05, 0.1) is 5.88 Å². The van der Waals surface area contributed by atoms with Gasteiger partial charge in [-0.3, -0.25) is 0 Å². The van der Waals surface area contributed by atoms with E-state index in [-0.39, 0.29) is 0 Å². The second kappa shape index (κ2) is 4.75. The SMILES string of the molecule is [CH2]C[S+]([O-])CCCl. The molecule has 1 radical (unpaired) electrons. The van der Waals surface area contributed by atoms with Gasteiger partial charge in [-0.2, -0.15) is 0 Å². The van der Waals surface area contributed by atoms with Crippen LogP contribution in [0.1, 0.15) is 0 Å². The van der Waals surface area contributed by atoms with Gasteiger partial charge < -0.3 is 4.55 Å². The molecule has 43 valence electrons. The third-order valence-electron chi connectivity index (χ3n) is 0.532. The quantitative estimate of drug-likeness (QED) is 0.419. The summed E-state index contributed by atoms with van der Waals surface area (Å²) in [4.78, 5) is 0. The lowest BCUT2D eigenvalue weighted by Gasteiger charge is -2.03. The molecule has 0 aromatic heterocycles. The highest BCUT2D eigenvalue weighted by molar-refractivity contribution is 7.91. The number of hydrogen-bond acceptors (Lipinski definition) is 1. The first-order valence-corrected chi connectivity index (χ1v) is 4.03. The van der Waals surface area contributed by atoms with Crippen molar-refractivity contribution in [2.24, 2.45) is 0 Å². The second-order valence-corrected chi connectivity index (χ2v) is 3.11. The molecule has 7 heavy (non-hydrogen) atoms. The summed E-state index contributed by atoms with van der Waals surface area (Å²) in [6.45, 7) is 3.45. The Bertz CT molecular complexity index is 42.7. The van der Waals surface area contributed by atoms with Crippen LogP contribution in [0.15, 0.2) is 0 Å². The molecule has 0 bridgehead atoms. The van der Waals surface area contributed by atoms with Gasteiger partial charge in [-0.25, -0.2) is 0 Å². The Morgan fingerprint density at radius 1 is 1.71 bits per heavy atom. The van der Waals surface area contributed by atoms with Crippen LogP contribution in [0.3, 0.4) is 0 Å². The molecule has 0 N–H and O–H groups in total. The highest BCUT2D eigenvalue weighted by atomic mass is 35.5. The van der Waals surface area contributed by atoms with Crippen LogP contribution in [0.4, 0.5) is 0 Å². The third-order valence-corrected chi connectivity index (χ3v) is 2.06. The number of alkyl halides is 1. The molecular weight excluding hydrogens is 132 g/mol. The number of halogens is 1. The van der Waals surface area contributed by atoms with Crippen LogP contribution in [0.5, 0.6) is 0 Å². The fourth-order valence-corrected chi connectivity index (χ4v) is 1.08. The molecule has 0 aliphatic carbocycles. The second-order valence-electron chi connectivity index (χ2n) is 1.04. The predicted molar refractivity (Wildman–Crippen MR) is 34.0 cm³/mol. The Balaban J connectivity index is 2.83. The van der Waals surface area contributed by atoms with E-state index in [1.165, 1.54) is 0 Å². The van der Waals surface area contributed by atoms with Crippen molar-refractivity contribution in [1.29, 1.82) is 0 Å². The zero-order valence-corrected chi connectivity index (χ0v) is 5.60. The van der Waals surface area contributed by atoms with Crippen molar-refractivity contribution in [1.82, 2.24) is 0 Å². The van der Waals surface area contributed by atoms with E-state index in [2.05, 4.69) is 6.92 Å². The monoisotopic (exact) mass is 139 g/mol. The average Bonchev–Trinajstić information content (AvgIpc) is 1.68. The Labute approximate surface area is 52.2 Å². The van der Waals surface area contributed by atoms with Gasteiger partial charge in [-0.05, 0) is 6.92 Å². The Hall–Kier alpha value is 0.600. The summed E-state index contributed by atoms with van der Waals surface area (Å²) < 4.78 is 10.4. The normalized spacial score (nSPS) is 14.1. The van der Waals surface area contributed by atoms with E-state index in [4.69, 9.17) is 11.6 Å². The summed E-state index contributed by atoms with van der Waals surface area (Å²) in [5.74, 6) is 1.53. The standard InChI is InChI=1S/C4H8ClOS/c1-2-7(6)4-3-5/h1-4H2. The molecule has 0 aliphatic rings. The lowest BCUT2D eigenvalue weighted by Crippen LogP contribution is -2.09. The lowest BCUT2D eigenvalue weighted by atomic mass is 11.0. The lowest BCUT2D eigenvalue weighted by molar-refractivity contribution is 0.599. The Morgan fingerprint density at radius 2 is 2.29 bits per heavy atom. The van der Waals surface area contributed by atoms with E-state index in [9.17, 15) is 4.55 Å². The van der Waals surface area contributed by atoms with Gasteiger partial charge in [0, 0.05) is 0 Å². The molecule has 1 atom stereocenters. The summed E-state index contributed by atoms with van der Waals surface area (Å²) in [5, 5.41) is 0. The van der Waals surface area contributed by atoms with Crippen LogP contribution in [0.25, 0.3) is 0 Å². The van der Waals surface area contributed by atoms with Gasteiger partial charge in [-0.1, -0.05) is 11.2 Å². The fraction of sp³-hybridized carbons (Fsp3) is 0.750. The van der Waals surface area contributed by atoms with Crippen molar-refractivity contribution in [2.75, 3.05) is 17.4 Å². The summed E-state index contributed by atoms with van der Waals surface area (Å²) >= 11 is 4.48. The number of hydrogen-bond donors (Lipinski definition) is 0. The third kappa shape index (κ3) is 4.45. The maximum absolute atomic E-state index is 10.4. The minimum Gasteiger partial charge on any atom is -0.616 e. The summed E-state index contributed by atoms with van der Waals surface area (Å²) in [5.41, 5.74) is 0. The van der Waals surface area contributed by atoms with E-state index >= 15 is 0 Å². The van der Waals surface area contributed by atoms with Crippen molar-refractivity contribution in [3.8, 4) is 0 Å². The van der Waals surface area contributed by atoms with Crippen LogP contribution in [-0.2, 0) is 11.2 Å². The molecule has 0 saturated carbocycles. The van der Waals surface area contributed by atoms with E-state index in [1.807, 2.05) is 0 Å². The predicted octanol–water partition coefficient (Wildman–Crippen LogP) is 0.808. The first-order chi connectivity index (χ1) is 3.31. The van der Waals surface area contributed by atoms with Crippen LogP contribution in [0, 0.1) is 6.92 Å². The van der Waals surface area contributed by atoms with Gasteiger partial charge in [0.2, 0.25) is 0 Å². The topological polar surface area (TPSA) is 23.1 Å². The summed E-state index contributed by atoms with van der Waals surface area (Å²) in [6, 6.07) is 0. The molecule has 0 spiro atoms. The van der Waals surface area contributed by atoms with E-state index in [1.54, 1.807) is 0 Å². The van der Waals surface area contributed by atoms with Crippen LogP contribution >= 0.6 is 11.6 Å². The van der Waals surface area contributed by atoms with E-state index in [0.717, 1.165) is 0 Å². The Kier molecular flexibility index (Phi) is 5.16. The first kappa shape index (κ1) is 7.60. The minimum absolute atomic E-state index is 0.474. The maximum Gasteiger partial charge on any atom is 0.119 e. The first-order valence-electron chi connectivity index (χ1n) is 2.01. The molecular formula is C4H8ClOS. The molecule has 1 nitrogen and oxygen atoms in total. The van der Waals surface area contributed by atoms with Crippen LogP contribution in [0.2, 0.25) is 0 Å². The molecule has 0 saturated heterocycles. The van der Waals surface area contributed by atoms with Gasteiger partial charge in [0.15, 0.2) is 0 Å². The highest BCUT2D eigenvalue weighted by Gasteiger charge is 1.96. The van der Waals surface area contributed by atoms with E-state index < -0.39 is 11.2 Å². The van der Waals surface area contributed by atoms with E-state index in [0.29, 0.717) is 17.4 Å². The van der Waals surface area contributed by atoms with Crippen molar-refractivity contribution in [3.05, 3.63) is 6.92 Å². The van der Waals surface area contributed by atoms with Crippen LogP contribution in [-0.4, -0.2) is 21.9 Å². The van der Waals surface area contributed by atoms with Crippen molar-refractivity contribution < 1.29 is 4.55 Å². The van der Waals surface area contributed by atoms with Gasteiger partial charge in [0.25, 0.3) is 0 Å². The smallest absolute Gasteiger partial charge is 0.119 e. The molecule has 0 aromatic carbocycles. The molecule has 0 aromatic rings. The largest absolute Gasteiger partial charge is 0.616 e. The molecule has 0 rings (SSSR count). The Morgan fingerprint density at radius 3 is 2.43 bits per heavy atom. The number of rotatable bonds is 3. The summed E-state index contributed by atoms with van der Waals surface area (Å²) in [6.07, 6.45) is 0. The van der Waals surface area contributed by atoms with Crippen molar-refractivity contribution in [3.63, 3.8) is 0 Å². The van der Waals surface area contributed by atoms with Gasteiger partial charge >= 0.3 is 0 Å². The molecule has 0 aliphatic heterocycles. The average molecular weight is 140 g/mol. The molecule has 0 amide bonds. The van der Waals surface area contributed by atoms with Crippen LogP contribution < -0.4 is 0 Å². The van der Waals surface area contributed by atoms with Gasteiger partial charge in [-0.15, -0.1) is 11.6 Å². The molecule has 3 heteroatoms. The highest BCUT2D eigenvalue weighted by Crippen LogP contribution is 1.89. The molecule has 0 fully saturated rings. The van der Waals surface area contributed by atoms with Crippen molar-refractivity contribution >= 4 is 22.8 Å². The minimum atomic E-state index is -0.770. The zero-order chi connectivity index (χ0) is 5.70. The zero-order valence-electron chi connectivity index (χ0n) is 4.02. The van der Waals surface area contributed by atoms with Gasteiger partial charge in [0.1, 0.15) is 11.5 Å². The fourth-order valence-electron chi connectivity index (χ4n) is 0.188. The molecule has 1 unspecified atom stereocenters. The summed E-state index contributed by atoms with van der Waals surface area (Å²) in [7, 11) is 0. The molecule has 0 heterocycles.